The number of amides is 2. The van der Waals surface area contributed by atoms with Crippen molar-refractivity contribution in [3.05, 3.63) is 102 Å². The van der Waals surface area contributed by atoms with E-state index < -0.39 is 0 Å². The van der Waals surface area contributed by atoms with Gasteiger partial charge < -0.3 is 19.4 Å². The standard InChI is InChI=1S/C27H26N4O3/c1-34-24-5-3-2-4-23(24)27(33)31-14-11-22(18-31)20-6-8-21(9-7-20)26(32)29-17-19-10-13-30-15-12-28-25(30)16-19/h2-10,12-13,15-16,22H,11,14,17-18H2,1H3,(H,29,32). The van der Waals surface area contributed by atoms with Gasteiger partial charge in [0, 0.05) is 49.7 Å². The van der Waals surface area contributed by atoms with Gasteiger partial charge >= 0.3 is 0 Å². The van der Waals surface area contributed by atoms with Gasteiger partial charge in [-0.3, -0.25) is 9.59 Å². The van der Waals surface area contributed by atoms with E-state index >= 15 is 0 Å². The molecule has 2 aromatic heterocycles. The van der Waals surface area contributed by atoms with Crippen molar-refractivity contribution in [3.8, 4) is 5.75 Å². The number of carbonyl (C=O) groups is 2. The number of methoxy groups -OCH3 is 1. The Labute approximate surface area is 198 Å². The highest BCUT2D eigenvalue weighted by atomic mass is 16.5. The van der Waals surface area contributed by atoms with E-state index in [4.69, 9.17) is 4.74 Å². The van der Waals surface area contributed by atoms with E-state index in [9.17, 15) is 9.59 Å². The number of rotatable bonds is 6. The molecule has 1 N–H and O–H groups in total. The summed E-state index contributed by atoms with van der Waals surface area (Å²) < 4.78 is 7.28. The lowest BCUT2D eigenvalue weighted by atomic mass is 9.97. The zero-order valence-electron chi connectivity index (χ0n) is 19.0. The van der Waals surface area contributed by atoms with Crippen molar-refractivity contribution < 1.29 is 14.3 Å². The molecule has 7 heteroatoms. The Bertz CT molecular complexity index is 1330. The number of pyridine rings is 1. The van der Waals surface area contributed by atoms with Crippen LogP contribution in [0.2, 0.25) is 0 Å². The van der Waals surface area contributed by atoms with Crippen molar-refractivity contribution >= 4 is 17.5 Å². The lowest BCUT2D eigenvalue weighted by molar-refractivity contribution is 0.0787. The predicted molar refractivity (Wildman–Crippen MR) is 129 cm³/mol. The van der Waals surface area contributed by atoms with Crippen molar-refractivity contribution in [1.29, 1.82) is 0 Å². The summed E-state index contributed by atoms with van der Waals surface area (Å²) >= 11 is 0. The molecular formula is C27H26N4O3. The second kappa shape index (κ2) is 9.39. The number of nitrogens with one attached hydrogen (secondary N) is 1. The van der Waals surface area contributed by atoms with Crippen LogP contribution in [0.1, 0.15) is 44.2 Å². The van der Waals surface area contributed by atoms with Crippen LogP contribution in [0.25, 0.3) is 5.65 Å². The number of benzene rings is 2. The average molecular weight is 455 g/mol. The highest BCUT2D eigenvalue weighted by Gasteiger charge is 2.29. The molecule has 2 aromatic carbocycles. The maximum Gasteiger partial charge on any atom is 0.257 e. The van der Waals surface area contributed by atoms with E-state index in [1.54, 1.807) is 25.4 Å². The number of nitrogens with zero attached hydrogens (tertiary/aromatic N) is 3. The molecule has 1 fully saturated rings. The predicted octanol–water partition coefficient (Wildman–Crippen LogP) is 3.90. The quantitative estimate of drug-likeness (QED) is 0.479. The van der Waals surface area contributed by atoms with Crippen LogP contribution in [-0.4, -0.2) is 46.3 Å². The van der Waals surface area contributed by atoms with Crippen LogP contribution in [0.3, 0.4) is 0 Å². The second-order valence-corrected chi connectivity index (χ2v) is 8.47. The lowest BCUT2D eigenvalue weighted by Gasteiger charge is -2.18. The Hall–Kier alpha value is -4.13. The fourth-order valence-corrected chi connectivity index (χ4v) is 4.46. The summed E-state index contributed by atoms with van der Waals surface area (Å²) in [6.07, 6.45) is 6.46. The van der Waals surface area contributed by atoms with Gasteiger partial charge in [0.1, 0.15) is 11.4 Å². The number of fused-ring (bicyclic) bond motifs is 1. The molecular weight excluding hydrogens is 428 g/mol. The maximum atomic E-state index is 13.0. The van der Waals surface area contributed by atoms with Crippen LogP contribution < -0.4 is 10.1 Å². The van der Waals surface area contributed by atoms with Crippen LogP contribution in [0.15, 0.2) is 79.3 Å². The third-order valence-electron chi connectivity index (χ3n) is 6.37. The van der Waals surface area contributed by atoms with Crippen molar-refractivity contribution in [2.24, 2.45) is 0 Å². The monoisotopic (exact) mass is 454 g/mol. The van der Waals surface area contributed by atoms with E-state index in [1.807, 2.05) is 70.2 Å². The first kappa shape index (κ1) is 21.7. The van der Waals surface area contributed by atoms with Gasteiger partial charge in [0.05, 0.1) is 12.7 Å². The minimum atomic E-state index is -0.117. The Balaban J connectivity index is 1.19. The summed E-state index contributed by atoms with van der Waals surface area (Å²) in [5, 5.41) is 2.97. The zero-order chi connectivity index (χ0) is 23.5. The Morgan fingerprint density at radius 3 is 2.74 bits per heavy atom. The molecule has 0 aliphatic carbocycles. The van der Waals surface area contributed by atoms with Gasteiger partial charge in [0.15, 0.2) is 0 Å². The molecule has 5 rings (SSSR count). The molecule has 0 radical (unpaired) electrons. The molecule has 4 aromatic rings. The Morgan fingerprint density at radius 2 is 1.91 bits per heavy atom. The minimum Gasteiger partial charge on any atom is -0.496 e. The first-order chi connectivity index (χ1) is 16.6. The highest BCUT2D eigenvalue weighted by Crippen LogP contribution is 2.30. The molecule has 34 heavy (non-hydrogen) atoms. The zero-order valence-corrected chi connectivity index (χ0v) is 19.0. The molecule has 1 saturated heterocycles. The number of hydrogen-bond acceptors (Lipinski definition) is 4. The van der Waals surface area contributed by atoms with Gasteiger partial charge in [0.2, 0.25) is 0 Å². The first-order valence-corrected chi connectivity index (χ1v) is 11.3. The van der Waals surface area contributed by atoms with Crippen LogP contribution in [0.4, 0.5) is 0 Å². The number of aromatic nitrogens is 2. The summed E-state index contributed by atoms with van der Waals surface area (Å²) in [6, 6.07) is 18.9. The average Bonchev–Trinajstić information content (AvgIpc) is 3.56. The number of likely N-dealkylation sites (tertiary alicyclic amines) is 1. The molecule has 1 aliphatic heterocycles. The summed E-state index contributed by atoms with van der Waals surface area (Å²) in [5.74, 6) is 0.715. The summed E-state index contributed by atoms with van der Waals surface area (Å²) in [6.45, 7) is 1.79. The minimum absolute atomic E-state index is 0.00974. The van der Waals surface area contributed by atoms with Crippen LogP contribution in [-0.2, 0) is 6.54 Å². The molecule has 1 atom stereocenters. The smallest absolute Gasteiger partial charge is 0.257 e. The normalized spacial score (nSPS) is 15.4. The van der Waals surface area contributed by atoms with Crippen molar-refractivity contribution in [2.45, 2.75) is 18.9 Å². The second-order valence-electron chi connectivity index (χ2n) is 8.47. The SMILES string of the molecule is COc1ccccc1C(=O)N1CCC(c2ccc(C(=O)NCc3ccn4ccnc4c3)cc2)C1. The number of ether oxygens (including phenoxy) is 1. The van der Waals surface area contributed by atoms with Gasteiger partial charge in [0.25, 0.3) is 11.8 Å². The molecule has 0 spiro atoms. The molecule has 3 heterocycles. The van der Waals surface area contributed by atoms with Crippen molar-refractivity contribution in [1.82, 2.24) is 19.6 Å². The molecule has 0 saturated carbocycles. The summed E-state index contributed by atoms with van der Waals surface area (Å²) in [5.41, 5.74) is 4.19. The van der Waals surface area contributed by atoms with Gasteiger partial charge in [-0.15, -0.1) is 0 Å². The van der Waals surface area contributed by atoms with Gasteiger partial charge in [-0.1, -0.05) is 24.3 Å². The molecule has 1 unspecified atom stereocenters. The third kappa shape index (κ3) is 4.37. The van der Waals surface area contributed by atoms with Crippen molar-refractivity contribution in [3.63, 3.8) is 0 Å². The number of hydrogen-bond donors (Lipinski definition) is 1. The molecule has 0 bridgehead atoms. The van der Waals surface area contributed by atoms with E-state index in [1.165, 1.54) is 0 Å². The Kier molecular flexibility index (Phi) is 5.99. The number of imidazole rings is 1. The summed E-state index contributed by atoms with van der Waals surface area (Å²) in [4.78, 5) is 31.8. The van der Waals surface area contributed by atoms with Crippen LogP contribution >= 0.6 is 0 Å². The fourth-order valence-electron chi connectivity index (χ4n) is 4.46. The van der Waals surface area contributed by atoms with Gasteiger partial charge in [-0.25, -0.2) is 4.98 Å². The Morgan fingerprint density at radius 1 is 1.09 bits per heavy atom. The maximum absolute atomic E-state index is 13.0. The fraction of sp³-hybridized carbons (Fsp3) is 0.222. The lowest BCUT2D eigenvalue weighted by Crippen LogP contribution is -2.28. The molecule has 7 nitrogen and oxygen atoms in total. The number of para-hydroxylation sites is 1. The molecule has 1 aliphatic rings. The highest BCUT2D eigenvalue weighted by molar-refractivity contribution is 5.97. The van der Waals surface area contributed by atoms with E-state index in [0.717, 1.165) is 23.2 Å². The summed E-state index contributed by atoms with van der Waals surface area (Å²) in [7, 11) is 1.58. The van der Waals surface area contributed by atoms with Crippen LogP contribution in [0, 0.1) is 0 Å². The number of carbonyl (C=O) groups excluding carboxylic acids is 2. The molecule has 172 valence electrons. The van der Waals surface area contributed by atoms with Crippen molar-refractivity contribution in [2.75, 3.05) is 20.2 Å². The van der Waals surface area contributed by atoms with Gasteiger partial charge in [-0.05, 0) is 53.9 Å². The molecule has 2 amide bonds. The van der Waals surface area contributed by atoms with E-state index in [-0.39, 0.29) is 17.7 Å². The van der Waals surface area contributed by atoms with Crippen LogP contribution in [0.5, 0.6) is 5.75 Å². The third-order valence-corrected chi connectivity index (χ3v) is 6.37. The van der Waals surface area contributed by atoms with E-state index in [0.29, 0.717) is 36.5 Å². The topological polar surface area (TPSA) is 75.9 Å². The van der Waals surface area contributed by atoms with Gasteiger partial charge in [-0.2, -0.15) is 0 Å². The first-order valence-electron chi connectivity index (χ1n) is 11.3. The largest absolute Gasteiger partial charge is 0.496 e. The van der Waals surface area contributed by atoms with E-state index in [2.05, 4.69) is 10.3 Å².